The number of aromatic nitrogens is 1. The number of halogens is 1. The molecule has 1 aromatic carbocycles. The first-order valence-corrected chi connectivity index (χ1v) is 9.78. The Morgan fingerprint density at radius 1 is 1.16 bits per heavy atom. The Balaban J connectivity index is 1.77. The van der Waals surface area contributed by atoms with E-state index in [4.69, 9.17) is 4.98 Å². The summed E-state index contributed by atoms with van der Waals surface area (Å²) in [6.45, 7) is 3.74. The van der Waals surface area contributed by atoms with Crippen LogP contribution in [-0.2, 0) is 0 Å². The molecule has 128 valence electrons. The lowest BCUT2D eigenvalue weighted by molar-refractivity contribution is 0.235. The van der Waals surface area contributed by atoms with E-state index in [1.165, 1.54) is 22.4 Å². The standard InChI is InChI=1S/C20H22BBrN2O/c1-21(25)24-11-8-14(9-12-24)19-17-7-3-2-6-16(17)18(22)13-15-5-4-10-23-20(15)19/h2-7,10,13-14,19,25H,8-9,11-12H2,1H3. The molecular weight excluding hydrogens is 375 g/mol. The first kappa shape index (κ1) is 17.0. The molecule has 0 saturated carbocycles. The third kappa shape index (κ3) is 3.21. The van der Waals surface area contributed by atoms with E-state index >= 15 is 0 Å². The van der Waals surface area contributed by atoms with Crippen LogP contribution >= 0.6 is 15.9 Å². The van der Waals surface area contributed by atoms with Crippen molar-refractivity contribution in [1.82, 2.24) is 9.79 Å². The Morgan fingerprint density at radius 3 is 2.68 bits per heavy atom. The van der Waals surface area contributed by atoms with Crippen molar-refractivity contribution in [2.75, 3.05) is 13.1 Å². The predicted molar refractivity (Wildman–Crippen MR) is 107 cm³/mol. The van der Waals surface area contributed by atoms with Gasteiger partial charge < -0.3 is 9.83 Å². The van der Waals surface area contributed by atoms with Gasteiger partial charge in [-0.25, -0.2) is 0 Å². The van der Waals surface area contributed by atoms with Gasteiger partial charge in [0.15, 0.2) is 0 Å². The fourth-order valence-corrected chi connectivity index (χ4v) is 4.87. The Bertz CT molecular complexity index is 800. The maximum absolute atomic E-state index is 9.87. The van der Waals surface area contributed by atoms with Crippen LogP contribution in [0.25, 0.3) is 10.6 Å². The van der Waals surface area contributed by atoms with Crippen molar-refractivity contribution in [1.29, 1.82) is 0 Å². The fraction of sp³-hybridized carbons (Fsp3) is 0.350. The number of pyridine rings is 1. The van der Waals surface area contributed by atoms with E-state index in [2.05, 4.69) is 57.1 Å². The molecule has 2 heterocycles. The lowest BCUT2D eigenvalue weighted by Crippen LogP contribution is -2.44. The summed E-state index contributed by atoms with van der Waals surface area (Å²) < 4.78 is 1.13. The molecule has 1 aromatic heterocycles. The maximum atomic E-state index is 9.87. The van der Waals surface area contributed by atoms with Crippen molar-refractivity contribution in [3.8, 4) is 0 Å². The molecule has 1 atom stereocenters. The Hall–Kier alpha value is -1.43. The normalized spacial score (nSPS) is 21.1. The number of nitrogens with zero attached hydrogens (tertiary/aromatic N) is 2. The van der Waals surface area contributed by atoms with Crippen LogP contribution in [0.4, 0.5) is 0 Å². The van der Waals surface area contributed by atoms with Gasteiger partial charge in [0.25, 0.3) is 0 Å². The van der Waals surface area contributed by atoms with Crippen molar-refractivity contribution in [3.63, 3.8) is 0 Å². The zero-order valence-electron chi connectivity index (χ0n) is 14.4. The molecule has 2 aromatic rings. The molecule has 1 saturated heterocycles. The highest BCUT2D eigenvalue weighted by Gasteiger charge is 2.34. The van der Waals surface area contributed by atoms with Crippen molar-refractivity contribution in [3.05, 3.63) is 65.0 Å². The average Bonchev–Trinajstić information content (AvgIpc) is 2.76. The van der Waals surface area contributed by atoms with Gasteiger partial charge in [0.1, 0.15) is 0 Å². The summed E-state index contributed by atoms with van der Waals surface area (Å²) in [5, 5.41) is 9.87. The summed E-state index contributed by atoms with van der Waals surface area (Å²) in [6.07, 6.45) is 6.27. The average molecular weight is 397 g/mol. The van der Waals surface area contributed by atoms with E-state index in [1.807, 2.05) is 19.1 Å². The molecule has 1 N–H and O–H groups in total. The quantitative estimate of drug-likeness (QED) is 0.771. The topological polar surface area (TPSA) is 36.4 Å². The number of hydrogen-bond acceptors (Lipinski definition) is 3. The third-order valence-corrected chi connectivity index (χ3v) is 6.23. The van der Waals surface area contributed by atoms with E-state index in [1.54, 1.807) is 0 Å². The molecule has 1 aliphatic heterocycles. The van der Waals surface area contributed by atoms with Crippen molar-refractivity contribution >= 4 is 33.5 Å². The summed E-state index contributed by atoms with van der Waals surface area (Å²) in [5.74, 6) is 0.839. The van der Waals surface area contributed by atoms with E-state index in [0.29, 0.717) is 11.8 Å². The molecular formula is C20H22BBrN2O. The number of fused-ring (bicyclic) bond motifs is 2. The lowest BCUT2D eigenvalue weighted by Gasteiger charge is -2.37. The molecule has 0 spiro atoms. The van der Waals surface area contributed by atoms with E-state index in [9.17, 15) is 5.02 Å². The highest BCUT2D eigenvalue weighted by molar-refractivity contribution is 9.15. The van der Waals surface area contributed by atoms with E-state index in [-0.39, 0.29) is 7.05 Å². The van der Waals surface area contributed by atoms with Gasteiger partial charge in [0.2, 0.25) is 0 Å². The van der Waals surface area contributed by atoms with Gasteiger partial charge in [-0.05, 0) is 67.5 Å². The van der Waals surface area contributed by atoms with Crippen LogP contribution in [0.3, 0.4) is 0 Å². The van der Waals surface area contributed by atoms with Gasteiger partial charge in [0, 0.05) is 16.6 Å². The molecule has 25 heavy (non-hydrogen) atoms. The first-order valence-electron chi connectivity index (χ1n) is 8.98. The highest BCUT2D eigenvalue weighted by Crippen LogP contribution is 2.45. The number of piperidine rings is 1. The molecule has 1 unspecified atom stereocenters. The SMILES string of the molecule is CB(O)N1CCC(C2c3ccccc3C(Br)=Cc3cccnc32)CC1. The van der Waals surface area contributed by atoms with Crippen LogP contribution in [0.2, 0.25) is 6.82 Å². The maximum Gasteiger partial charge on any atom is 0.376 e. The van der Waals surface area contributed by atoms with Crippen LogP contribution in [0, 0.1) is 5.92 Å². The van der Waals surface area contributed by atoms with E-state index < -0.39 is 0 Å². The minimum absolute atomic E-state index is 0.301. The minimum atomic E-state index is -0.358. The van der Waals surface area contributed by atoms with Crippen LogP contribution in [-0.4, -0.2) is 35.0 Å². The number of hydrogen-bond donors (Lipinski definition) is 1. The van der Waals surface area contributed by atoms with Gasteiger partial charge in [0.05, 0.1) is 5.69 Å². The van der Waals surface area contributed by atoms with Crippen molar-refractivity contribution < 1.29 is 5.02 Å². The second-order valence-electron chi connectivity index (χ2n) is 7.04. The molecule has 2 aliphatic rings. The fourth-order valence-electron chi connectivity index (χ4n) is 4.26. The summed E-state index contributed by atoms with van der Waals surface area (Å²) in [6, 6.07) is 12.8. The van der Waals surface area contributed by atoms with Gasteiger partial charge >= 0.3 is 7.05 Å². The van der Waals surface area contributed by atoms with Crippen LogP contribution < -0.4 is 0 Å². The molecule has 0 amide bonds. The molecule has 0 bridgehead atoms. The van der Waals surface area contributed by atoms with Gasteiger partial charge in [-0.2, -0.15) is 0 Å². The van der Waals surface area contributed by atoms with Gasteiger partial charge in [-0.15, -0.1) is 0 Å². The van der Waals surface area contributed by atoms with E-state index in [0.717, 1.165) is 30.4 Å². The number of benzene rings is 1. The molecule has 1 aliphatic carbocycles. The number of rotatable bonds is 2. The van der Waals surface area contributed by atoms with Gasteiger partial charge in [-0.3, -0.25) is 4.98 Å². The Morgan fingerprint density at radius 2 is 1.92 bits per heavy atom. The molecule has 3 nitrogen and oxygen atoms in total. The Kier molecular flexibility index (Phi) is 4.81. The molecule has 5 heteroatoms. The summed E-state index contributed by atoms with van der Waals surface area (Å²) in [5.41, 5.74) is 5.01. The molecule has 0 radical (unpaired) electrons. The van der Waals surface area contributed by atoms with Crippen LogP contribution in [0.1, 0.15) is 41.1 Å². The smallest absolute Gasteiger partial charge is 0.376 e. The first-order chi connectivity index (χ1) is 12.1. The zero-order chi connectivity index (χ0) is 17.4. The Labute approximate surface area is 158 Å². The minimum Gasteiger partial charge on any atom is -0.437 e. The largest absolute Gasteiger partial charge is 0.437 e. The second kappa shape index (κ2) is 7.06. The summed E-state index contributed by atoms with van der Waals surface area (Å²) >= 11 is 3.78. The van der Waals surface area contributed by atoms with Gasteiger partial charge in [-0.1, -0.05) is 46.3 Å². The van der Waals surface area contributed by atoms with Crippen LogP contribution in [0.15, 0.2) is 42.6 Å². The summed E-state index contributed by atoms with van der Waals surface area (Å²) in [4.78, 5) is 6.95. The third-order valence-electron chi connectivity index (χ3n) is 5.58. The predicted octanol–water partition coefficient (Wildman–Crippen LogP) is 4.24. The van der Waals surface area contributed by atoms with Crippen molar-refractivity contribution in [2.45, 2.75) is 25.6 Å². The van der Waals surface area contributed by atoms with Crippen LogP contribution in [0.5, 0.6) is 0 Å². The highest BCUT2D eigenvalue weighted by atomic mass is 79.9. The zero-order valence-corrected chi connectivity index (χ0v) is 16.0. The van der Waals surface area contributed by atoms with Crippen molar-refractivity contribution in [2.24, 2.45) is 5.92 Å². The second-order valence-corrected chi connectivity index (χ2v) is 7.89. The summed E-state index contributed by atoms with van der Waals surface area (Å²) in [7, 11) is -0.358. The molecule has 1 fully saturated rings. The monoisotopic (exact) mass is 396 g/mol. The molecule has 4 rings (SSSR count). The lowest BCUT2D eigenvalue weighted by atomic mass is 9.73.